The van der Waals surface area contributed by atoms with Crippen molar-refractivity contribution < 1.29 is 19.1 Å². The number of carbonyl (C=O) groups excluding carboxylic acids is 2. The minimum absolute atomic E-state index is 0.122. The zero-order valence-corrected chi connectivity index (χ0v) is 12.1. The Hall–Kier alpha value is -2.95. The molecule has 22 heavy (non-hydrogen) atoms. The average Bonchev–Trinajstić information content (AvgIpc) is 2.59. The summed E-state index contributed by atoms with van der Waals surface area (Å²) in [5.74, 6) is -0.0823. The molecule has 1 aromatic heterocycles. The lowest BCUT2D eigenvalue weighted by Gasteiger charge is -2.04. The molecule has 1 aromatic carbocycles. The molecule has 5 heteroatoms. The van der Waals surface area contributed by atoms with Gasteiger partial charge in [-0.3, -0.25) is 9.78 Å². The lowest BCUT2D eigenvalue weighted by Crippen LogP contribution is -2.12. The van der Waals surface area contributed by atoms with Gasteiger partial charge in [-0.2, -0.15) is 0 Å². The van der Waals surface area contributed by atoms with Crippen molar-refractivity contribution in [2.24, 2.45) is 0 Å². The average molecular weight is 297 g/mol. The molecule has 0 unspecified atom stereocenters. The van der Waals surface area contributed by atoms with E-state index in [1.165, 1.54) is 13.2 Å². The number of allylic oxidation sites excluding steroid dienone is 1. The van der Waals surface area contributed by atoms with Crippen LogP contribution in [-0.4, -0.2) is 30.5 Å². The summed E-state index contributed by atoms with van der Waals surface area (Å²) in [6.07, 6.45) is 6.54. The molecule has 0 N–H and O–H groups in total. The third kappa shape index (κ3) is 4.56. The maximum Gasteiger partial charge on any atom is 0.343 e. The largest absolute Gasteiger partial charge is 0.482 e. The van der Waals surface area contributed by atoms with Crippen LogP contribution in [0.5, 0.6) is 5.75 Å². The van der Waals surface area contributed by atoms with Gasteiger partial charge in [-0.15, -0.1) is 0 Å². The van der Waals surface area contributed by atoms with E-state index >= 15 is 0 Å². The van der Waals surface area contributed by atoms with Crippen molar-refractivity contribution in [3.05, 3.63) is 66.0 Å². The molecule has 112 valence electrons. The van der Waals surface area contributed by atoms with E-state index in [4.69, 9.17) is 4.74 Å². The Morgan fingerprint density at radius 1 is 1.18 bits per heavy atom. The highest BCUT2D eigenvalue weighted by molar-refractivity contribution is 6.06. The Morgan fingerprint density at radius 2 is 1.95 bits per heavy atom. The number of pyridine rings is 1. The third-order valence-electron chi connectivity index (χ3n) is 2.83. The van der Waals surface area contributed by atoms with Crippen LogP contribution >= 0.6 is 0 Å². The minimum Gasteiger partial charge on any atom is -0.482 e. The number of ketones is 1. The van der Waals surface area contributed by atoms with Crippen LogP contribution in [0.2, 0.25) is 0 Å². The molecule has 0 radical (unpaired) electrons. The fourth-order valence-electron chi connectivity index (χ4n) is 1.66. The number of carbonyl (C=O) groups is 2. The van der Waals surface area contributed by atoms with Gasteiger partial charge in [0.1, 0.15) is 5.75 Å². The molecule has 0 bridgehead atoms. The Labute approximate surface area is 128 Å². The van der Waals surface area contributed by atoms with Gasteiger partial charge in [0.2, 0.25) is 0 Å². The zero-order chi connectivity index (χ0) is 15.8. The summed E-state index contributed by atoms with van der Waals surface area (Å²) in [5, 5.41) is 0. The molecule has 2 aromatic rings. The van der Waals surface area contributed by atoms with Gasteiger partial charge in [0.25, 0.3) is 0 Å². The predicted octanol–water partition coefficient (Wildman–Crippen LogP) is 2.53. The highest BCUT2D eigenvalue weighted by Crippen LogP contribution is 2.13. The van der Waals surface area contributed by atoms with Crippen molar-refractivity contribution >= 4 is 17.8 Å². The van der Waals surface area contributed by atoms with Crippen molar-refractivity contribution in [2.45, 2.75) is 0 Å². The Morgan fingerprint density at radius 3 is 2.59 bits per heavy atom. The first-order valence-corrected chi connectivity index (χ1v) is 6.61. The first-order chi connectivity index (χ1) is 10.7. The highest BCUT2D eigenvalue weighted by atomic mass is 16.6. The van der Waals surface area contributed by atoms with Crippen LogP contribution in [-0.2, 0) is 9.53 Å². The van der Waals surface area contributed by atoms with Crippen molar-refractivity contribution in [2.75, 3.05) is 13.7 Å². The number of hydrogen-bond acceptors (Lipinski definition) is 5. The first kappa shape index (κ1) is 15.4. The lowest BCUT2D eigenvalue weighted by molar-refractivity contribution is -0.142. The number of rotatable bonds is 6. The van der Waals surface area contributed by atoms with Crippen LogP contribution in [0.15, 0.2) is 54.9 Å². The molecule has 0 fully saturated rings. The molecule has 0 atom stereocenters. The molecular weight excluding hydrogens is 282 g/mol. The Bertz CT molecular complexity index is 663. The number of methoxy groups -OCH3 is 1. The maximum atomic E-state index is 12.0. The van der Waals surface area contributed by atoms with Crippen LogP contribution in [0.4, 0.5) is 0 Å². The molecule has 0 amide bonds. The van der Waals surface area contributed by atoms with E-state index in [9.17, 15) is 9.59 Å². The number of hydrogen-bond donors (Lipinski definition) is 0. The second-order valence-corrected chi connectivity index (χ2v) is 4.37. The molecule has 0 aliphatic rings. The smallest absolute Gasteiger partial charge is 0.343 e. The molecule has 0 saturated heterocycles. The van der Waals surface area contributed by atoms with Crippen LogP contribution < -0.4 is 4.74 Å². The molecule has 0 aliphatic carbocycles. The summed E-state index contributed by atoms with van der Waals surface area (Å²) >= 11 is 0. The van der Waals surface area contributed by atoms with Gasteiger partial charge in [-0.1, -0.05) is 6.07 Å². The van der Waals surface area contributed by atoms with E-state index in [0.29, 0.717) is 11.3 Å². The van der Waals surface area contributed by atoms with E-state index in [2.05, 4.69) is 9.72 Å². The summed E-state index contributed by atoms with van der Waals surface area (Å²) in [6.45, 7) is -0.162. The molecule has 0 saturated carbocycles. The van der Waals surface area contributed by atoms with Crippen LogP contribution in [0, 0.1) is 0 Å². The molecule has 0 spiro atoms. The summed E-state index contributed by atoms with van der Waals surface area (Å²) in [7, 11) is 1.29. The van der Waals surface area contributed by atoms with E-state index in [0.717, 1.165) is 5.56 Å². The fourth-order valence-corrected chi connectivity index (χ4v) is 1.66. The summed E-state index contributed by atoms with van der Waals surface area (Å²) in [4.78, 5) is 27.0. The summed E-state index contributed by atoms with van der Waals surface area (Å²) in [6, 6.07) is 10.2. The van der Waals surface area contributed by atoms with Crippen molar-refractivity contribution in [3.63, 3.8) is 0 Å². The van der Waals surface area contributed by atoms with Crippen molar-refractivity contribution in [1.82, 2.24) is 4.98 Å². The monoisotopic (exact) mass is 297 g/mol. The van der Waals surface area contributed by atoms with Crippen molar-refractivity contribution in [1.29, 1.82) is 0 Å². The predicted molar refractivity (Wildman–Crippen MR) is 81.6 cm³/mol. The Balaban J connectivity index is 1.96. The summed E-state index contributed by atoms with van der Waals surface area (Å²) < 4.78 is 9.69. The van der Waals surface area contributed by atoms with E-state index in [-0.39, 0.29) is 12.4 Å². The normalized spacial score (nSPS) is 10.4. The van der Waals surface area contributed by atoms with Crippen LogP contribution in [0.3, 0.4) is 0 Å². The number of ether oxygens (including phenoxy) is 2. The summed E-state index contributed by atoms with van der Waals surface area (Å²) in [5.41, 5.74) is 1.39. The second kappa shape index (κ2) is 7.73. The van der Waals surface area contributed by atoms with Gasteiger partial charge < -0.3 is 9.47 Å². The quantitative estimate of drug-likeness (QED) is 0.466. The van der Waals surface area contributed by atoms with E-state index < -0.39 is 5.97 Å². The zero-order valence-electron chi connectivity index (χ0n) is 12.1. The minimum atomic E-state index is -0.459. The van der Waals surface area contributed by atoms with Gasteiger partial charge in [-0.25, -0.2) is 4.79 Å². The molecule has 1 heterocycles. The number of esters is 1. The highest BCUT2D eigenvalue weighted by Gasteiger charge is 2.04. The van der Waals surface area contributed by atoms with Gasteiger partial charge in [-0.05, 0) is 48.0 Å². The van der Waals surface area contributed by atoms with Gasteiger partial charge >= 0.3 is 5.97 Å². The standard InChI is InChI=1S/C17H15NO4/c1-21-17(20)12-22-15-7-5-14(6-8-15)16(19)9-4-13-3-2-10-18-11-13/h2-11H,12H2,1H3/b9-4+. The van der Waals surface area contributed by atoms with E-state index in [1.807, 2.05) is 6.07 Å². The fraction of sp³-hybridized carbons (Fsp3) is 0.118. The van der Waals surface area contributed by atoms with E-state index in [1.54, 1.807) is 48.8 Å². The second-order valence-electron chi connectivity index (χ2n) is 4.37. The number of benzene rings is 1. The van der Waals surface area contributed by atoms with Gasteiger partial charge in [0.15, 0.2) is 12.4 Å². The maximum absolute atomic E-state index is 12.0. The first-order valence-electron chi connectivity index (χ1n) is 6.61. The third-order valence-corrected chi connectivity index (χ3v) is 2.83. The van der Waals surface area contributed by atoms with Gasteiger partial charge in [0.05, 0.1) is 7.11 Å². The molecular formula is C17H15NO4. The molecule has 2 rings (SSSR count). The number of nitrogens with zero attached hydrogens (tertiary/aromatic N) is 1. The van der Waals surface area contributed by atoms with Crippen LogP contribution in [0.25, 0.3) is 6.08 Å². The molecule has 0 aliphatic heterocycles. The molecule has 5 nitrogen and oxygen atoms in total. The topological polar surface area (TPSA) is 65.5 Å². The van der Waals surface area contributed by atoms with Gasteiger partial charge in [0, 0.05) is 18.0 Å². The van der Waals surface area contributed by atoms with Crippen LogP contribution in [0.1, 0.15) is 15.9 Å². The lowest BCUT2D eigenvalue weighted by atomic mass is 10.1. The Kier molecular flexibility index (Phi) is 5.43. The SMILES string of the molecule is COC(=O)COc1ccc(C(=O)/C=C/c2cccnc2)cc1. The number of aromatic nitrogens is 1. The van der Waals surface area contributed by atoms with Crippen molar-refractivity contribution in [3.8, 4) is 5.75 Å².